The average molecular weight is 214 g/mol. The summed E-state index contributed by atoms with van der Waals surface area (Å²) >= 11 is 0. The molecular weight excluding hydrogens is 188 g/mol. The van der Waals surface area contributed by atoms with Crippen molar-refractivity contribution >= 4 is 5.84 Å². The molecule has 0 aromatic rings. The predicted molar refractivity (Wildman–Crippen MR) is 66.4 cm³/mol. The Labute approximate surface area is 93.9 Å². The molecule has 3 N–H and O–H groups in total. The van der Waals surface area contributed by atoms with Gasteiger partial charge in [-0.25, -0.2) is 0 Å². The van der Waals surface area contributed by atoms with Crippen LogP contribution in [0.3, 0.4) is 0 Å². The van der Waals surface area contributed by atoms with Crippen molar-refractivity contribution in [2.75, 3.05) is 40.3 Å². The number of rotatable bonds is 8. The van der Waals surface area contributed by atoms with Gasteiger partial charge in [0, 0.05) is 32.6 Å². The third-order valence-corrected chi connectivity index (χ3v) is 2.18. The molecule has 0 saturated heterocycles. The average Bonchev–Trinajstić information content (AvgIpc) is 2.08. The van der Waals surface area contributed by atoms with Crippen molar-refractivity contribution in [2.45, 2.75) is 20.3 Å². The molecule has 15 heavy (non-hydrogen) atoms. The summed E-state index contributed by atoms with van der Waals surface area (Å²) < 4.78 is 0. The fourth-order valence-corrected chi connectivity index (χ4v) is 1.43. The summed E-state index contributed by atoms with van der Waals surface area (Å²) in [6.45, 7) is 8.54. The first-order valence-corrected chi connectivity index (χ1v) is 5.61. The van der Waals surface area contributed by atoms with Gasteiger partial charge < -0.3 is 15.5 Å². The molecule has 0 bridgehead atoms. The number of hydrogen-bond acceptors (Lipinski definition) is 3. The van der Waals surface area contributed by atoms with Gasteiger partial charge in [-0.1, -0.05) is 13.8 Å². The Balaban J connectivity index is 3.89. The van der Waals surface area contributed by atoms with E-state index in [-0.39, 0.29) is 5.84 Å². The number of amidine groups is 1. The first kappa shape index (κ1) is 14.4. The Hall–Kier alpha value is -0.610. The fraction of sp³-hybridized carbons (Fsp3) is 0.909. The molecule has 0 aliphatic heterocycles. The maximum Gasteiger partial charge on any atom is 0.0918 e. The highest BCUT2D eigenvalue weighted by Gasteiger charge is 2.07. The van der Waals surface area contributed by atoms with Gasteiger partial charge in [0.1, 0.15) is 0 Å². The van der Waals surface area contributed by atoms with E-state index in [1.54, 1.807) is 0 Å². The Kier molecular flexibility index (Phi) is 7.34. The second kappa shape index (κ2) is 7.65. The lowest BCUT2D eigenvalue weighted by molar-refractivity contribution is 0.224. The van der Waals surface area contributed by atoms with Crippen LogP contribution in [-0.4, -0.2) is 55.9 Å². The molecule has 0 spiro atoms. The fourth-order valence-electron chi connectivity index (χ4n) is 1.43. The van der Waals surface area contributed by atoms with E-state index < -0.39 is 0 Å². The van der Waals surface area contributed by atoms with Crippen LogP contribution < -0.4 is 5.73 Å². The van der Waals surface area contributed by atoms with Gasteiger partial charge >= 0.3 is 0 Å². The minimum absolute atomic E-state index is 0.286. The van der Waals surface area contributed by atoms with Crippen LogP contribution >= 0.6 is 0 Å². The molecule has 0 saturated carbocycles. The number of hydrogen-bond donors (Lipinski definition) is 2. The zero-order chi connectivity index (χ0) is 11.8. The van der Waals surface area contributed by atoms with Crippen LogP contribution in [0.4, 0.5) is 0 Å². The lowest BCUT2D eigenvalue weighted by atomic mass is 10.2. The van der Waals surface area contributed by atoms with Crippen LogP contribution in [-0.2, 0) is 0 Å². The Morgan fingerprint density at radius 1 is 1.20 bits per heavy atom. The molecule has 0 unspecified atom stereocenters. The maximum absolute atomic E-state index is 7.23. The van der Waals surface area contributed by atoms with E-state index in [4.69, 9.17) is 11.1 Å². The molecule has 0 heterocycles. The molecule has 0 aliphatic rings. The molecule has 0 radical (unpaired) electrons. The molecule has 0 aromatic heterocycles. The van der Waals surface area contributed by atoms with Crippen LogP contribution in [0.1, 0.15) is 20.3 Å². The highest BCUT2D eigenvalue weighted by molar-refractivity contribution is 5.76. The predicted octanol–water partition coefficient (Wildman–Crippen LogP) is 0.832. The van der Waals surface area contributed by atoms with E-state index in [1.165, 1.54) is 0 Å². The van der Waals surface area contributed by atoms with Gasteiger partial charge in [0.2, 0.25) is 0 Å². The van der Waals surface area contributed by atoms with Gasteiger partial charge in [-0.15, -0.1) is 0 Å². The number of nitrogens with zero attached hydrogens (tertiary/aromatic N) is 2. The smallest absolute Gasteiger partial charge is 0.0918 e. The largest absolute Gasteiger partial charge is 0.388 e. The summed E-state index contributed by atoms with van der Waals surface area (Å²) in [5, 5.41) is 7.23. The zero-order valence-electron chi connectivity index (χ0n) is 10.6. The van der Waals surface area contributed by atoms with Crippen molar-refractivity contribution in [3.63, 3.8) is 0 Å². The number of nitrogens with two attached hydrogens (primary N) is 1. The van der Waals surface area contributed by atoms with Crippen LogP contribution in [0.5, 0.6) is 0 Å². The highest BCUT2D eigenvalue weighted by Crippen LogP contribution is 2.00. The molecule has 4 nitrogen and oxygen atoms in total. The molecule has 4 heteroatoms. The van der Waals surface area contributed by atoms with E-state index in [0.29, 0.717) is 12.3 Å². The lowest BCUT2D eigenvalue weighted by Gasteiger charge is -2.25. The molecule has 0 amide bonds. The van der Waals surface area contributed by atoms with Gasteiger partial charge in [0.25, 0.3) is 0 Å². The molecule has 0 aliphatic carbocycles. The quantitative estimate of drug-likeness (QED) is 0.465. The van der Waals surface area contributed by atoms with Gasteiger partial charge in [0.15, 0.2) is 0 Å². The van der Waals surface area contributed by atoms with Crippen LogP contribution in [0.15, 0.2) is 0 Å². The maximum atomic E-state index is 7.23. The molecule has 0 aromatic carbocycles. The Morgan fingerprint density at radius 3 is 2.20 bits per heavy atom. The minimum Gasteiger partial charge on any atom is -0.388 e. The van der Waals surface area contributed by atoms with Crippen molar-refractivity contribution in [1.82, 2.24) is 9.80 Å². The molecule has 0 fully saturated rings. The van der Waals surface area contributed by atoms with Crippen molar-refractivity contribution < 1.29 is 0 Å². The molecule has 0 atom stereocenters. The summed E-state index contributed by atoms with van der Waals surface area (Å²) in [4.78, 5) is 4.56. The summed E-state index contributed by atoms with van der Waals surface area (Å²) in [5.74, 6) is 0.952. The number of likely N-dealkylation sites (N-methyl/N-ethyl adjacent to an activating group) is 1. The summed E-state index contributed by atoms with van der Waals surface area (Å²) in [5.41, 5.74) is 5.37. The minimum atomic E-state index is 0.286. The van der Waals surface area contributed by atoms with Gasteiger partial charge in [0.05, 0.1) is 5.84 Å². The van der Waals surface area contributed by atoms with Crippen molar-refractivity contribution in [3.05, 3.63) is 0 Å². The van der Waals surface area contributed by atoms with Crippen LogP contribution in [0, 0.1) is 11.3 Å². The first-order chi connectivity index (χ1) is 6.91. The van der Waals surface area contributed by atoms with Gasteiger partial charge in [-0.05, 0) is 20.0 Å². The van der Waals surface area contributed by atoms with Crippen molar-refractivity contribution in [1.29, 1.82) is 5.41 Å². The first-order valence-electron chi connectivity index (χ1n) is 5.61. The molecule has 90 valence electrons. The standard InChI is InChI=1S/C11H26N4/c1-10(2)9-15(6-5-11(12)13)8-7-14(3)4/h10H,5-9H2,1-4H3,(H3,12,13). The summed E-state index contributed by atoms with van der Waals surface area (Å²) in [6.07, 6.45) is 0.681. The topological polar surface area (TPSA) is 56.4 Å². The third kappa shape index (κ3) is 9.69. The molecule has 0 rings (SSSR count). The second-order valence-electron chi connectivity index (χ2n) is 4.77. The monoisotopic (exact) mass is 214 g/mol. The second-order valence-corrected chi connectivity index (χ2v) is 4.77. The van der Waals surface area contributed by atoms with E-state index in [0.717, 1.165) is 26.2 Å². The van der Waals surface area contributed by atoms with E-state index in [9.17, 15) is 0 Å². The summed E-state index contributed by atoms with van der Waals surface area (Å²) in [6, 6.07) is 0. The van der Waals surface area contributed by atoms with Crippen LogP contribution in [0.2, 0.25) is 0 Å². The number of nitrogens with one attached hydrogen (secondary N) is 1. The van der Waals surface area contributed by atoms with Gasteiger partial charge in [-0.2, -0.15) is 0 Å². The van der Waals surface area contributed by atoms with Crippen molar-refractivity contribution in [3.8, 4) is 0 Å². The third-order valence-electron chi connectivity index (χ3n) is 2.18. The lowest BCUT2D eigenvalue weighted by Crippen LogP contribution is -2.36. The normalized spacial score (nSPS) is 11.7. The van der Waals surface area contributed by atoms with E-state index in [1.807, 2.05) is 0 Å². The van der Waals surface area contributed by atoms with Crippen molar-refractivity contribution in [2.24, 2.45) is 11.7 Å². The Bertz CT molecular complexity index is 177. The Morgan fingerprint density at radius 2 is 1.80 bits per heavy atom. The van der Waals surface area contributed by atoms with Crippen LogP contribution in [0.25, 0.3) is 0 Å². The van der Waals surface area contributed by atoms with E-state index >= 15 is 0 Å². The summed E-state index contributed by atoms with van der Waals surface area (Å²) in [7, 11) is 4.16. The highest BCUT2D eigenvalue weighted by atomic mass is 15.2. The molecular formula is C11H26N4. The van der Waals surface area contributed by atoms with Gasteiger partial charge in [-0.3, -0.25) is 5.41 Å². The zero-order valence-corrected chi connectivity index (χ0v) is 10.6. The SMILES string of the molecule is CC(C)CN(CCC(=N)N)CCN(C)C. The van der Waals surface area contributed by atoms with E-state index in [2.05, 4.69) is 37.7 Å².